The van der Waals surface area contributed by atoms with Gasteiger partial charge in [0.15, 0.2) is 0 Å². The topological polar surface area (TPSA) is 88.4 Å². The van der Waals surface area contributed by atoms with E-state index in [-0.39, 0.29) is 30.1 Å². The van der Waals surface area contributed by atoms with Gasteiger partial charge in [-0.05, 0) is 37.5 Å². The van der Waals surface area contributed by atoms with Crippen molar-refractivity contribution in [1.82, 2.24) is 0 Å². The van der Waals surface area contributed by atoms with Gasteiger partial charge in [-0.15, -0.1) is 6.58 Å². The summed E-state index contributed by atoms with van der Waals surface area (Å²) >= 11 is 0. The molecule has 0 saturated carbocycles. The first-order chi connectivity index (χ1) is 13.4. The van der Waals surface area contributed by atoms with Gasteiger partial charge < -0.3 is 19.8 Å². The van der Waals surface area contributed by atoms with Crippen LogP contribution in [0.2, 0.25) is 0 Å². The Morgan fingerprint density at radius 3 is 2.46 bits per heavy atom. The third-order valence-electron chi connectivity index (χ3n) is 3.17. The van der Waals surface area contributed by atoms with Gasteiger partial charge in [-0.3, -0.25) is 0 Å². The van der Waals surface area contributed by atoms with Crippen molar-refractivity contribution in [2.24, 2.45) is 5.16 Å². The van der Waals surface area contributed by atoms with Gasteiger partial charge in [0.1, 0.15) is 23.7 Å². The molecular weight excluding hydrogens is 358 g/mol. The van der Waals surface area contributed by atoms with Crippen LogP contribution in [-0.4, -0.2) is 35.1 Å². The average Bonchev–Trinajstić information content (AvgIpc) is 2.64. The largest absolute Gasteiger partial charge is 0.508 e. The fourth-order valence-electron chi connectivity index (χ4n) is 2.07. The van der Waals surface area contributed by atoms with Crippen LogP contribution in [0.25, 0.3) is 0 Å². The second-order valence-corrected chi connectivity index (χ2v) is 5.91. The monoisotopic (exact) mass is 391 g/mol. The highest BCUT2D eigenvalue weighted by atomic mass is 16.6. The molecule has 28 heavy (non-hydrogen) atoms. The van der Waals surface area contributed by atoms with E-state index in [2.05, 4.69) is 25.6 Å². The van der Waals surface area contributed by atoms with Gasteiger partial charge in [0.25, 0.3) is 0 Å². The zero-order valence-corrected chi connectivity index (χ0v) is 17.4. The molecule has 0 unspecified atom stereocenters. The van der Waals surface area contributed by atoms with Crippen LogP contribution in [0, 0.1) is 0 Å². The zero-order valence-electron chi connectivity index (χ0n) is 17.4. The average molecular weight is 392 g/mol. The summed E-state index contributed by atoms with van der Waals surface area (Å²) in [5.74, 6) is -1.15. The Morgan fingerprint density at radius 1 is 1.21 bits per heavy atom. The molecule has 0 amide bonds. The van der Waals surface area contributed by atoms with E-state index in [4.69, 9.17) is 9.57 Å². The summed E-state index contributed by atoms with van der Waals surface area (Å²) in [6, 6.07) is 2.51. The Labute approximate surface area is 168 Å². The maximum Gasteiger partial charge on any atom is 0.342 e. The number of allylic oxidation sites excluding steroid dienone is 2. The predicted octanol–water partition coefficient (Wildman–Crippen LogP) is 5.15. The minimum atomic E-state index is -0.662. The molecule has 0 aliphatic rings. The number of aromatic hydroxyl groups is 2. The number of hydrogen-bond acceptors (Lipinski definition) is 6. The lowest BCUT2D eigenvalue weighted by molar-refractivity contribution is 0.0507. The molecule has 0 bridgehead atoms. The lowest BCUT2D eigenvalue weighted by atomic mass is 10.00. The zero-order chi connectivity index (χ0) is 21.4. The first kappa shape index (κ1) is 25.2. The SMILES string of the molecule is C=CCCOC(=O)c1c(O)cc(O)cc1CC(/C=C/CC)=N/OCC.CCC. The number of phenolic OH excluding ortho intramolecular Hbond substituents is 2. The molecule has 6 nitrogen and oxygen atoms in total. The Kier molecular flexibility index (Phi) is 13.8. The molecular formula is C22H33NO5. The van der Waals surface area contributed by atoms with Gasteiger partial charge in [-0.25, -0.2) is 4.79 Å². The van der Waals surface area contributed by atoms with Crippen molar-refractivity contribution in [3.8, 4) is 11.5 Å². The molecule has 0 aliphatic heterocycles. The number of hydrogen-bond donors (Lipinski definition) is 2. The highest BCUT2D eigenvalue weighted by molar-refractivity contribution is 6.00. The standard InChI is InChI=1S/C19H25NO5.C3H8/c1-4-7-9-15(20-25-6-3)11-14-12-16(21)13-17(22)18(14)19(23)24-10-8-5-2;1-3-2/h5,7,9,12-13,21-22H,2,4,6,8,10-11H2,1,3H3;3H2,1-2H3/b9-7+,20-15+;. The fraction of sp³-hybridized carbons (Fsp3) is 0.455. The van der Waals surface area contributed by atoms with Crippen LogP contribution in [0.4, 0.5) is 0 Å². The van der Waals surface area contributed by atoms with Crippen LogP contribution in [0.15, 0.2) is 42.1 Å². The van der Waals surface area contributed by atoms with Crippen molar-refractivity contribution in [1.29, 1.82) is 0 Å². The number of rotatable bonds is 10. The number of nitrogens with zero attached hydrogens (tertiary/aromatic N) is 1. The smallest absolute Gasteiger partial charge is 0.342 e. The first-order valence-electron chi connectivity index (χ1n) is 9.63. The molecule has 0 aromatic heterocycles. The van der Waals surface area contributed by atoms with Gasteiger partial charge >= 0.3 is 5.97 Å². The first-order valence-corrected chi connectivity index (χ1v) is 9.63. The van der Waals surface area contributed by atoms with Crippen molar-refractivity contribution < 1.29 is 24.6 Å². The molecule has 156 valence electrons. The molecule has 6 heteroatoms. The quantitative estimate of drug-likeness (QED) is 0.189. The van der Waals surface area contributed by atoms with Crippen LogP contribution < -0.4 is 0 Å². The third kappa shape index (κ3) is 9.80. The van der Waals surface area contributed by atoms with Crippen molar-refractivity contribution >= 4 is 11.7 Å². The summed E-state index contributed by atoms with van der Waals surface area (Å²) in [5.41, 5.74) is 0.977. The minimum Gasteiger partial charge on any atom is -0.508 e. The van der Waals surface area contributed by atoms with E-state index in [1.165, 1.54) is 12.5 Å². The van der Waals surface area contributed by atoms with E-state index in [1.807, 2.05) is 19.9 Å². The lowest BCUT2D eigenvalue weighted by Gasteiger charge is -2.12. The van der Waals surface area contributed by atoms with Gasteiger partial charge in [0, 0.05) is 12.5 Å². The maximum atomic E-state index is 12.3. The number of carbonyl (C=O) groups is 1. The van der Waals surface area contributed by atoms with E-state index in [1.54, 1.807) is 12.2 Å². The highest BCUT2D eigenvalue weighted by Gasteiger charge is 2.20. The molecule has 2 N–H and O–H groups in total. The second kappa shape index (κ2) is 15.3. The fourth-order valence-corrected chi connectivity index (χ4v) is 2.07. The number of benzene rings is 1. The number of ether oxygens (including phenoxy) is 1. The minimum absolute atomic E-state index is 0.0101. The molecule has 0 atom stereocenters. The van der Waals surface area contributed by atoms with Gasteiger partial charge in [-0.1, -0.05) is 44.5 Å². The third-order valence-corrected chi connectivity index (χ3v) is 3.17. The summed E-state index contributed by atoms with van der Waals surface area (Å²) in [7, 11) is 0. The number of carbonyl (C=O) groups excluding carboxylic acids is 1. The Bertz CT molecular complexity index is 665. The van der Waals surface area contributed by atoms with Gasteiger partial charge in [0.2, 0.25) is 0 Å². The number of oxime groups is 1. The van der Waals surface area contributed by atoms with Crippen LogP contribution in [0.3, 0.4) is 0 Å². The summed E-state index contributed by atoms with van der Waals surface area (Å²) in [6.45, 7) is 12.2. The van der Waals surface area contributed by atoms with Gasteiger partial charge in [0.05, 0.1) is 12.3 Å². The molecule has 1 aromatic rings. The molecule has 1 aromatic carbocycles. The van der Waals surface area contributed by atoms with E-state index >= 15 is 0 Å². The van der Waals surface area contributed by atoms with Crippen molar-refractivity contribution in [2.45, 2.75) is 53.4 Å². The van der Waals surface area contributed by atoms with Crippen LogP contribution >= 0.6 is 0 Å². The molecule has 1 rings (SSSR count). The van der Waals surface area contributed by atoms with E-state index < -0.39 is 5.97 Å². The van der Waals surface area contributed by atoms with E-state index in [0.717, 1.165) is 12.5 Å². The summed E-state index contributed by atoms with van der Waals surface area (Å²) < 4.78 is 5.13. The number of esters is 1. The second-order valence-electron chi connectivity index (χ2n) is 5.91. The Morgan fingerprint density at radius 2 is 1.89 bits per heavy atom. The van der Waals surface area contributed by atoms with E-state index in [9.17, 15) is 15.0 Å². The van der Waals surface area contributed by atoms with Crippen molar-refractivity contribution in [2.75, 3.05) is 13.2 Å². The molecule has 0 fully saturated rings. The van der Waals surface area contributed by atoms with Crippen molar-refractivity contribution in [3.63, 3.8) is 0 Å². The molecule has 0 radical (unpaired) electrons. The van der Waals surface area contributed by atoms with Crippen LogP contribution in [-0.2, 0) is 16.0 Å². The summed E-state index contributed by atoms with van der Waals surface area (Å²) in [5, 5.41) is 23.9. The number of phenols is 2. The van der Waals surface area contributed by atoms with Crippen LogP contribution in [0.5, 0.6) is 11.5 Å². The normalized spacial score (nSPS) is 10.9. The molecule has 0 saturated heterocycles. The van der Waals surface area contributed by atoms with Crippen molar-refractivity contribution in [3.05, 3.63) is 48.1 Å². The molecule has 0 aliphatic carbocycles. The lowest BCUT2D eigenvalue weighted by Crippen LogP contribution is -2.12. The van der Waals surface area contributed by atoms with E-state index in [0.29, 0.717) is 24.3 Å². The summed E-state index contributed by atoms with van der Waals surface area (Å²) in [6.07, 6.45) is 8.09. The Hall–Kier alpha value is -2.76. The summed E-state index contributed by atoms with van der Waals surface area (Å²) in [4.78, 5) is 17.4. The van der Waals surface area contributed by atoms with Gasteiger partial charge in [-0.2, -0.15) is 0 Å². The highest BCUT2D eigenvalue weighted by Crippen LogP contribution is 2.29. The van der Waals surface area contributed by atoms with Crippen LogP contribution in [0.1, 0.15) is 62.9 Å². The molecule has 0 heterocycles. The Balaban J connectivity index is 0.00000227. The molecule has 0 spiro atoms. The predicted molar refractivity (Wildman–Crippen MR) is 113 cm³/mol. The maximum absolute atomic E-state index is 12.3.